The number of phenols is 1. The van der Waals surface area contributed by atoms with Crippen molar-refractivity contribution in [3.63, 3.8) is 0 Å². The van der Waals surface area contributed by atoms with Gasteiger partial charge in [0.25, 0.3) is 0 Å². The van der Waals surface area contributed by atoms with Gasteiger partial charge in [0.05, 0.1) is 13.1 Å². The van der Waals surface area contributed by atoms with E-state index in [1.807, 2.05) is 0 Å². The Morgan fingerprint density at radius 1 is 1.17 bits per heavy atom. The van der Waals surface area contributed by atoms with Crippen LogP contribution in [0.4, 0.5) is 5.69 Å². The maximum Gasteiger partial charge on any atom is 0.317 e. The molecule has 98 valence electrons. The van der Waals surface area contributed by atoms with E-state index in [9.17, 15) is 14.7 Å². The number of aromatic hydroxyl groups is 1. The molecule has 0 unspecified atom stereocenters. The zero-order valence-electron chi connectivity index (χ0n) is 9.54. The van der Waals surface area contributed by atoms with Crippen LogP contribution < -0.4 is 5.73 Å². The van der Waals surface area contributed by atoms with Crippen molar-refractivity contribution in [1.82, 2.24) is 4.90 Å². The standard InChI is InChI=1S/C11H14N2O5/c12-8-1-2-9(14)7(3-8)4-13(5-10(15)16)6-11(17)18/h1-3,14H,4-6,12H2,(H,15,16)(H,17,18). The number of nitrogens with zero attached hydrogens (tertiary/aromatic N) is 1. The Balaban J connectivity index is 2.84. The molecule has 0 aliphatic carbocycles. The van der Waals surface area contributed by atoms with Gasteiger partial charge in [-0.25, -0.2) is 0 Å². The number of anilines is 1. The molecule has 0 atom stereocenters. The number of aliphatic carboxylic acids is 2. The molecule has 18 heavy (non-hydrogen) atoms. The Morgan fingerprint density at radius 2 is 1.72 bits per heavy atom. The summed E-state index contributed by atoms with van der Waals surface area (Å²) in [6.45, 7) is -0.865. The number of hydrogen-bond acceptors (Lipinski definition) is 5. The first kappa shape index (κ1) is 13.8. The fraction of sp³-hybridized carbons (Fsp3) is 0.273. The molecule has 0 saturated heterocycles. The minimum Gasteiger partial charge on any atom is -0.508 e. The van der Waals surface area contributed by atoms with Gasteiger partial charge in [0.15, 0.2) is 0 Å². The van der Waals surface area contributed by atoms with Crippen LogP contribution in [0.3, 0.4) is 0 Å². The second-order valence-corrected chi connectivity index (χ2v) is 3.82. The van der Waals surface area contributed by atoms with Gasteiger partial charge in [-0.2, -0.15) is 0 Å². The van der Waals surface area contributed by atoms with Crippen LogP contribution in [-0.4, -0.2) is 45.2 Å². The number of benzene rings is 1. The second-order valence-electron chi connectivity index (χ2n) is 3.82. The molecule has 0 fully saturated rings. The van der Waals surface area contributed by atoms with E-state index in [-0.39, 0.29) is 12.3 Å². The van der Waals surface area contributed by atoms with E-state index in [0.29, 0.717) is 11.3 Å². The molecule has 0 bridgehead atoms. The van der Waals surface area contributed by atoms with E-state index in [2.05, 4.69) is 0 Å². The number of carboxylic acids is 2. The summed E-state index contributed by atoms with van der Waals surface area (Å²) in [7, 11) is 0. The van der Waals surface area contributed by atoms with Gasteiger partial charge in [0, 0.05) is 17.8 Å². The molecule has 0 radical (unpaired) electrons. The third-order valence-electron chi connectivity index (χ3n) is 2.22. The molecule has 7 nitrogen and oxygen atoms in total. The van der Waals surface area contributed by atoms with Gasteiger partial charge < -0.3 is 21.1 Å². The summed E-state index contributed by atoms with van der Waals surface area (Å²) in [5.41, 5.74) is 6.34. The first-order valence-electron chi connectivity index (χ1n) is 5.12. The number of carbonyl (C=O) groups is 2. The second kappa shape index (κ2) is 5.87. The third kappa shape index (κ3) is 4.30. The van der Waals surface area contributed by atoms with Crippen LogP contribution in [0.15, 0.2) is 18.2 Å². The molecule has 0 amide bonds. The summed E-state index contributed by atoms with van der Waals surface area (Å²) >= 11 is 0. The highest BCUT2D eigenvalue weighted by Crippen LogP contribution is 2.21. The SMILES string of the molecule is Nc1ccc(O)c(CN(CC(=O)O)CC(=O)O)c1. The number of nitrogen functional groups attached to an aromatic ring is 1. The molecule has 0 saturated carbocycles. The van der Waals surface area contributed by atoms with Crippen molar-refractivity contribution in [1.29, 1.82) is 0 Å². The summed E-state index contributed by atoms with van der Waals surface area (Å²) in [5, 5.41) is 26.9. The van der Waals surface area contributed by atoms with Gasteiger partial charge in [-0.1, -0.05) is 0 Å². The summed E-state index contributed by atoms with van der Waals surface area (Å²) in [6.07, 6.45) is 0. The zero-order valence-corrected chi connectivity index (χ0v) is 9.54. The molecule has 0 spiro atoms. The van der Waals surface area contributed by atoms with E-state index in [1.54, 1.807) is 0 Å². The Hall–Kier alpha value is -2.28. The Kier molecular flexibility index (Phi) is 4.50. The van der Waals surface area contributed by atoms with Crippen molar-refractivity contribution in [2.75, 3.05) is 18.8 Å². The van der Waals surface area contributed by atoms with Gasteiger partial charge in [0.2, 0.25) is 0 Å². The normalized spacial score (nSPS) is 10.5. The van der Waals surface area contributed by atoms with Crippen LogP contribution in [0.1, 0.15) is 5.56 Å². The van der Waals surface area contributed by atoms with Crippen molar-refractivity contribution >= 4 is 17.6 Å². The van der Waals surface area contributed by atoms with Crippen molar-refractivity contribution < 1.29 is 24.9 Å². The number of hydrogen-bond donors (Lipinski definition) is 4. The van der Waals surface area contributed by atoms with Crippen LogP contribution in [0.25, 0.3) is 0 Å². The molecule has 0 aliphatic heterocycles. The van der Waals surface area contributed by atoms with Crippen LogP contribution in [0.5, 0.6) is 5.75 Å². The predicted octanol–water partition coefficient (Wildman–Crippen LogP) is -0.0544. The lowest BCUT2D eigenvalue weighted by Crippen LogP contribution is -2.34. The maximum absolute atomic E-state index is 10.6. The fourth-order valence-electron chi connectivity index (χ4n) is 1.52. The monoisotopic (exact) mass is 254 g/mol. The molecule has 0 heterocycles. The molecule has 0 aliphatic rings. The van der Waals surface area contributed by atoms with E-state index >= 15 is 0 Å². The summed E-state index contributed by atoms with van der Waals surface area (Å²) in [6, 6.07) is 4.36. The van der Waals surface area contributed by atoms with Crippen LogP contribution in [-0.2, 0) is 16.1 Å². The quantitative estimate of drug-likeness (QED) is 0.414. The highest BCUT2D eigenvalue weighted by molar-refractivity contribution is 5.72. The van der Waals surface area contributed by atoms with Gasteiger partial charge >= 0.3 is 11.9 Å². The van der Waals surface area contributed by atoms with Gasteiger partial charge in [0.1, 0.15) is 5.75 Å². The van der Waals surface area contributed by atoms with E-state index in [1.165, 1.54) is 23.1 Å². The fourth-order valence-corrected chi connectivity index (χ4v) is 1.52. The molecule has 5 N–H and O–H groups in total. The average molecular weight is 254 g/mol. The van der Waals surface area contributed by atoms with E-state index < -0.39 is 25.0 Å². The van der Waals surface area contributed by atoms with Crippen LogP contribution in [0, 0.1) is 0 Å². The number of phenolic OH excluding ortho intramolecular Hbond substituents is 1. The highest BCUT2D eigenvalue weighted by Gasteiger charge is 2.15. The lowest BCUT2D eigenvalue weighted by Gasteiger charge is -2.18. The van der Waals surface area contributed by atoms with Crippen molar-refractivity contribution in [2.45, 2.75) is 6.54 Å². The van der Waals surface area contributed by atoms with Crippen LogP contribution >= 0.6 is 0 Å². The molecule has 0 aromatic heterocycles. The van der Waals surface area contributed by atoms with Crippen molar-refractivity contribution in [3.8, 4) is 5.75 Å². The Labute approximate surface area is 103 Å². The predicted molar refractivity (Wildman–Crippen MR) is 63.1 cm³/mol. The van der Waals surface area contributed by atoms with Gasteiger partial charge in [-0.3, -0.25) is 14.5 Å². The number of carboxylic acid groups (broad SMARTS) is 2. The molecule has 1 rings (SSSR count). The topological polar surface area (TPSA) is 124 Å². The molecular formula is C11H14N2O5. The van der Waals surface area contributed by atoms with Gasteiger partial charge in [-0.05, 0) is 18.2 Å². The lowest BCUT2D eigenvalue weighted by atomic mass is 10.1. The molecule has 7 heteroatoms. The molecular weight excluding hydrogens is 240 g/mol. The molecule has 1 aromatic rings. The van der Waals surface area contributed by atoms with Crippen LogP contribution in [0.2, 0.25) is 0 Å². The van der Waals surface area contributed by atoms with Gasteiger partial charge in [-0.15, -0.1) is 0 Å². The first-order valence-corrected chi connectivity index (χ1v) is 5.12. The van der Waals surface area contributed by atoms with E-state index in [4.69, 9.17) is 15.9 Å². The largest absolute Gasteiger partial charge is 0.508 e. The van der Waals surface area contributed by atoms with E-state index in [0.717, 1.165) is 0 Å². The van der Waals surface area contributed by atoms with Crippen molar-refractivity contribution in [2.24, 2.45) is 0 Å². The highest BCUT2D eigenvalue weighted by atomic mass is 16.4. The number of nitrogens with two attached hydrogens (primary N) is 1. The lowest BCUT2D eigenvalue weighted by molar-refractivity contribution is -0.142. The summed E-state index contributed by atoms with van der Waals surface area (Å²) in [4.78, 5) is 22.4. The smallest absolute Gasteiger partial charge is 0.317 e. The zero-order chi connectivity index (χ0) is 13.7. The minimum atomic E-state index is -1.14. The third-order valence-corrected chi connectivity index (χ3v) is 2.22. The summed E-state index contributed by atoms with van der Waals surface area (Å²) in [5.74, 6) is -2.33. The Bertz CT molecular complexity index is 445. The minimum absolute atomic E-state index is 0.00449. The first-order chi connectivity index (χ1) is 8.38. The Morgan fingerprint density at radius 3 is 2.22 bits per heavy atom. The summed E-state index contributed by atoms with van der Waals surface area (Å²) < 4.78 is 0. The van der Waals surface area contributed by atoms with Crippen molar-refractivity contribution in [3.05, 3.63) is 23.8 Å². The molecule has 1 aromatic carbocycles. The number of rotatable bonds is 6. The maximum atomic E-state index is 10.6. The average Bonchev–Trinajstić information content (AvgIpc) is 2.21.